The highest BCUT2D eigenvalue weighted by molar-refractivity contribution is 5.90. The van der Waals surface area contributed by atoms with Crippen LogP contribution in [0, 0.1) is 22.9 Å². The topological polar surface area (TPSA) is 118 Å². The van der Waals surface area contributed by atoms with Gasteiger partial charge in [0.1, 0.15) is 19.0 Å². The minimum atomic E-state index is -0.742. The van der Waals surface area contributed by atoms with Crippen molar-refractivity contribution in [1.82, 2.24) is 4.90 Å². The quantitative estimate of drug-likeness (QED) is 0.567. The summed E-state index contributed by atoms with van der Waals surface area (Å²) < 4.78 is 20.1. The summed E-state index contributed by atoms with van der Waals surface area (Å²) in [7, 11) is 0. The standard InChI is InChI=1S/C20H25FN4O6/c1-12(27)25(30)10-16-9-24(20(29)31-16)15-2-3-18(17(21)4-15)22-5-13-7-23(19(28)11-26)8-14(13)6-22/h2-4,13-14,16,25-26H,5-11H2,1H3/t13-,14+,16-/m0/s1. The lowest BCUT2D eigenvalue weighted by molar-refractivity contribution is -0.768. The van der Waals surface area contributed by atoms with Crippen LogP contribution in [0.4, 0.5) is 20.6 Å². The van der Waals surface area contributed by atoms with Gasteiger partial charge in [-0.25, -0.2) is 14.0 Å². The number of anilines is 2. The monoisotopic (exact) mass is 436 g/mol. The predicted octanol–water partition coefficient (Wildman–Crippen LogP) is -1.03. The lowest BCUT2D eigenvalue weighted by Crippen LogP contribution is -3.10. The Morgan fingerprint density at radius 2 is 1.90 bits per heavy atom. The van der Waals surface area contributed by atoms with Crippen molar-refractivity contribution in [2.24, 2.45) is 11.8 Å². The Balaban J connectivity index is 1.40. The number of quaternary nitrogens is 1. The molecule has 168 valence electrons. The van der Waals surface area contributed by atoms with Gasteiger partial charge < -0.3 is 29.9 Å². The number of halogens is 1. The van der Waals surface area contributed by atoms with E-state index < -0.39 is 35.6 Å². The Morgan fingerprint density at radius 1 is 1.23 bits per heavy atom. The number of cyclic esters (lactones) is 1. The molecule has 3 aliphatic rings. The largest absolute Gasteiger partial charge is 0.627 e. The van der Waals surface area contributed by atoms with E-state index in [4.69, 9.17) is 9.84 Å². The number of carbonyl (C=O) groups excluding carboxylic acids is 3. The van der Waals surface area contributed by atoms with Crippen LogP contribution < -0.4 is 14.9 Å². The second-order valence-corrected chi connectivity index (χ2v) is 8.32. The SMILES string of the molecule is CC(=O)[NH+]([O-])C[C@@H]1CN(c2ccc(N3C[C@H]4CN(C(=O)CO)C[C@H]4C3)c(F)c2)C(=O)O1. The number of hydrogen-bond acceptors (Lipinski definition) is 7. The molecule has 0 aromatic heterocycles. The fourth-order valence-electron chi connectivity index (χ4n) is 4.60. The third-order valence-corrected chi connectivity index (χ3v) is 6.24. The molecule has 3 fully saturated rings. The Labute approximate surface area is 178 Å². The molecular weight excluding hydrogens is 411 g/mol. The second-order valence-electron chi connectivity index (χ2n) is 8.32. The average Bonchev–Trinajstić information content (AvgIpc) is 3.40. The van der Waals surface area contributed by atoms with Crippen molar-refractivity contribution in [1.29, 1.82) is 0 Å². The van der Waals surface area contributed by atoms with Gasteiger partial charge in [0.05, 0.1) is 24.8 Å². The number of ether oxygens (including phenoxy) is 1. The van der Waals surface area contributed by atoms with E-state index in [1.54, 1.807) is 17.0 Å². The summed E-state index contributed by atoms with van der Waals surface area (Å²) in [6.07, 6.45) is -1.42. The third kappa shape index (κ3) is 4.21. The molecule has 0 saturated carbocycles. The van der Waals surface area contributed by atoms with Gasteiger partial charge in [-0.2, -0.15) is 0 Å². The molecule has 3 heterocycles. The van der Waals surface area contributed by atoms with Crippen molar-refractivity contribution < 1.29 is 33.7 Å². The molecule has 0 radical (unpaired) electrons. The van der Waals surface area contributed by atoms with Crippen molar-refractivity contribution in [2.75, 3.05) is 55.7 Å². The Bertz CT molecular complexity index is 884. The van der Waals surface area contributed by atoms with Crippen molar-refractivity contribution in [3.05, 3.63) is 29.2 Å². The van der Waals surface area contributed by atoms with Gasteiger partial charge in [0.25, 0.3) is 0 Å². The first-order valence-electron chi connectivity index (χ1n) is 10.2. The van der Waals surface area contributed by atoms with Gasteiger partial charge in [-0.05, 0) is 18.2 Å². The van der Waals surface area contributed by atoms with E-state index in [9.17, 15) is 24.0 Å². The molecule has 11 heteroatoms. The van der Waals surface area contributed by atoms with Gasteiger partial charge in [-0.3, -0.25) is 9.69 Å². The first-order chi connectivity index (χ1) is 14.8. The smallest absolute Gasteiger partial charge is 0.414 e. The highest BCUT2D eigenvalue weighted by atomic mass is 19.1. The van der Waals surface area contributed by atoms with E-state index in [0.717, 1.165) is 0 Å². The summed E-state index contributed by atoms with van der Waals surface area (Å²) in [5.41, 5.74) is 0.747. The van der Waals surface area contributed by atoms with Crippen LogP contribution in [0.15, 0.2) is 18.2 Å². The number of hydrogen-bond donors (Lipinski definition) is 2. The lowest BCUT2D eigenvalue weighted by atomic mass is 10.0. The van der Waals surface area contributed by atoms with Crippen LogP contribution in [0.3, 0.4) is 0 Å². The number of rotatable bonds is 5. The summed E-state index contributed by atoms with van der Waals surface area (Å²) in [4.78, 5) is 39.8. The van der Waals surface area contributed by atoms with E-state index in [0.29, 0.717) is 37.6 Å². The highest BCUT2D eigenvalue weighted by Crippen LogP contribution is 2.36. The van der Waals surface area contributed by atoms with Crippen molar-refractivity contribution in [3.63, 3.8) is 0 Å². The number of likely N-dealkylation sites (tertiary alicyclic amines) is 1. The number of fused-ring (bicyclic) bond motifs is 1. The van der Waals surface area contributed by atoms with E-state index in [1.165, 1.54) is 17.9 Å². The van der Waals surface area contributed by atoms with Gasteiger partial charge in [0.15, 0.2) is 6.10 Å². The molecule has 0 aliphatic carbocycles. The molecule has 4 atom stereocenters. The van der Waals surface area contributed by atoms with Crippen molar-refractivity contribution in [2.45, 2.75) is 13.0 Å². The zero-order chi connectivity index (χ0) is 22.3. The van der Waals surface area contributed by atoms with Crippen LogP contribution in [0.5, 0.6) is 0 Å². The summed E-state index contributed by atoms with van der Waals surface area (Å²) in [5.74, 6) is -0.899. The Morgan fingerprint density at radius 3 is 2.48 bits per heavy atom. The first-order valence-corrected chi connectivity index (χ1v) is 10.2. The summed E-state index contributed by atoms with van der Waals surface area (Å²) in [6.45, 7) is 2.87. The molecule has 3 amide bonds. The summed E-state index contributed by atoms with van der Waals surface area (Å²) in [5, 5.41) is 20.0. The third-order valence-electron chi connectivity index (χ3n) is 6.24. The molecule has 4 rings (SSSR count). The molecule has 2 N–H and O–H groups in total. The number of nitrogens with zero attached hydrogens (tertiary/aromatic N) is 3. The van der Waals surface area contributed by atoms with Crippen LogP contribution in [-0.2, 0) is 14.3 Å². The van der Waals surface area contributed by atoms with Gasteiger partial charge in [-0.1, -0.05) is 0 Å². The first kappa shape index (κ1) is 21.5. The maximum atomic E-state index is 14.9. The molecule has 1 unspecified atom stereocenters. The van der Waals surface area contributed by atoms with Gasteiger partial charge in [0.2, 0.25) is 5.91 Å². The van der Waals surface area contributed by atoms with Crippen LogP contribution in [0.25, 0.3) is 0 Å². The van der Waals surface area contributed by atoms with Crippen LogP contribution in [-0.4, -0.2) is 79.9 Å². The van der Waals surface area contributed by atoms with E-state index in [1.807, 2.05) is 4.90 Å². The minimum absolute atomic E-state index is 0.0687. The molecule has 0 bridgehead atoms. The van der Waals surface area contributed by atoms with Gasteiger partial charge >= 0.3 is 12.0 Å². The van der Waals surface area contributed by atoms with Crippen LogP contribution in [0.2, 0.25) is 0 Å². The molecule has 3 saturated heterocycles. The highest BCUT2D eigenvalue weighted by Gasteiger charge is 2.42. The number of amides is 3. The fraction of sp³-hybridized carbons (Fsp3) is 0.550. The van der Waals surface area contributed by atoms with E-state index in [2.05, 4.69) is 0 Å². The second kappa shape index (κ2) is 8.40. The maximum Gasteiger partial charge on any atom is 0.414 e. The fourth-order valence-corrected chi connectivity index (χ4v) is 4.60. The number of aliphatic hydroxyl groups excluding tert-OH is 1. The number of benzene rings is 1. The molecule has 1 aromatic carbocycles. The Kier molecular flexibility index (Phi) is 5.82. The predicted molar refractivity (Wildman–Crippen MR) is 107 cm³/mol. The Hall–Kier alpha value is -2.76. The van der Waals surface area contributed by atoms with Crippen molar-refractivity contribution in [3.8, 4) is 0 Å². The lowest BCUT2D eigenvalue weighted by Gasteiger charge is -2.24. The molecular formula is C20H25FN4O6. The minimum Gasteiger partial charge on any atom is -0.627 e. The zero-order valence-corrected chi connectivity index (χ0v) is 17.1. The van der Waals surface area contributed by atoms with Crippen molar-refractivity contribution >= 4 is 29.3 Å². The van der Waals surface area contributed by atoms with Gasteiger partial charge in [-0.15, -0.1) is 0 Å². The number of carbonyl (C=O) groups is 3. The molecule has 3 aliphatic heterocycles. The molecule has 31 heavy (non-hydrogen) atoms. The summed E-state index contributed by atoms with van der Waals surface area (Å²) >= 11 is 0. The zero-order valence-electron chi connectivity index (χ0n) is 17.1. The van der Waals surface area contributed by atoms with E-state index in [-0.39, 0.29) is 30.8 Å². The van der Waals surface area contributed by atoms with Crippen LogP contribution >= 0.6 is 0 Å². The van der Waals surface area contributed by atoms with Crippen LogP contribution in [0.1, 0.15) is 6.92 Å². The normalized spacial score (nSPS) is 26.3. The number of hydroxylamine groups is 2. The van der Waals surface area contributed by atoms with E-state index >= 15 is 0 Å². The molecule has 0 spiro atoms. The number of nitrogens with one attached hydrogen (secondary N) is 1. The average molecular weight is 436 g/mol. The molecule has 10 nitrogen and oxygen atoms in total. The number of aliphatic hydroxyl groups is 1. The maximum absolute atomic E-state index is 14.9. The summed E-state index contributed by atoms with van der Waals surface area (Å²) in [6, 6.07) is 4.51. The molecule has 1 aromatic rings. The van der Waals surface area contributed by atoms with Gasteiger partial charge in [0, 0.05) is 38.0 Å².